The highest BCUT2D eigenvalue weighted by Gasteiger charge is 2.38. The smallest absolute Gasteiger partial charge is 0.269 e. The number of amides is 9. The average molecular weight is 1000 g/mol. The van der Waals surface area contributed by atoms with E-state index in [1.54, 1.807) is 0 Å². The molecule has 1 aromatic heterocycles. The van der Waals surface area contributed by atoms with Crippen LogP contribution in [0.25, 0.3) is 0 Å². The fourth-order valence-electron chi connectivity index (χ4n) is 6.97. The minimum absolute atomic E-state index is 0.0725. The van der Waals surface area contributed by atoms with Crippen molar-refractivity contribution in [1.29, 1.82) is 0 Å². The average Bonchev–Trinajstić information content (AvgIpc) is 4.06. The molecule has 1 saturated heterocycles. The fraction of sp³-hybridized carbons (Fsp3) is 0.619. The Morgan fingerprint density at radius 3 is 2.18 bits per heavy atom. The Labute approximate surface area is 410 Å². The van der Waals surface area contributed by atoms with Crippen LogP contribution in [-0.2, 0) is 49.6 Å². The van der Waals surface area contributed by atoms with Crippen molar-refractivity contribution < 1.29 is 48.3 Å². The van der Waals surface area contributed by atoms with Crippen molar-refractivity contribution in [3.63, 3.8) is 0 Å². The van der Waals surface area contributed by atoms with Crippen LogP contribution in [0.2, 0.25) is 0 Å². The van der Waals surface area contributed by atoms with Crippen LogP contribution in [0.3, 0.4) is 0 Å². The molecule has 7 atom stereocenters. The zero-order valence-electron chi connectivity index (χ0n) is 40.0. The molecular formula is C42H73N19O10. The number of rotatable bonds is 32. The first-order valence-electron chi connectivity index (χ1n) is 23.3. The molecule has 2 heterocycles. The molecule has 24 N–H and O–H groups in total. The summed E-state index contributed by atoms with van der Waals surface area (Å²) < 4.78 is 0. The summed E-state index contributed by atoms with van der Waals surface area (Å²) in [5.74, 6) is -7.75. The standard InChI is InChI=1S/C42H73N19O10/c1-23(55-40(70)33(31(62)19-46)60-36(66)25(47)8-4-14-44)35(65)53-21-32(63)56-28(10-5-15-45)41(71)61-17-7-12-30(61)39(69)59-29(18-24-20-51-22-54-24)38(68)58-27(9-2-3-13-43)37(67)57-26(34(48)64)11-6-16-52-42(49)50/h11,20,22-23,25,27,29-31,33,62H,2-10,12-19,21,43-47H2,1H3,(H2,48,64)(H,51,54)(H,53,65)(H,55,70)(H,57,67)(H,58,68)(H,59,69)(H,60,66)(H4,49,50,52)/b26-11-,56-28?/t23-,25-,27-,29-,30-,31-,33-/m0/s1. The lowest BCUT2D eigenvalue weighted by Gasteiger charge is -2.27. The number of hydrogen-bond donors (Lipinski definition) is 16. The first-order chi connectivity index (χ1) is 33.8. The van der Waals surface area contributed by atoms with Crippen molar-refractivity contribution in [1.82, 2.24) is 46.8 Å². The summed E-state index contributed by atoms with van der Waals surface area (Å²) >= 11 is 0. The minimum Gasteiger partial charge on any atom is -0.389 e. The Bertz CT molecular complexity index is 2050. The van der Waals surface area contributed by atoms with E-state index in [4.69, 9.17) is 45.9 Å². The molecule has 0 radical (unpaired) electrons. The van der Waals surface area contributed by atoms with Crippen LogP contribution >= 0.6 is 0 Å². The Morgan fingerprint density at radius 1 is 0.859 bits per heavy atom. The Hall–Kier alpha value is -6.92. The van der Waals surface area contributed by atoms with Crippen molar-refractivity contribution in [2.45, 2.75) is 120 Å². The van der Waals surface area contributed by atoms with Gasteiger partial charge in [-0.3, -0.25) is 48.1 Å². The van der Waals surface area contributed by atoms with Crippen LogP contribution in [0.4, 0.5) is 0 Å². The summed E-state index contributed by atoms with van der Waals surface area (Å²) in [5.41, 5.74) is 44.4. The van der Waals surface area contributed by atoms with E-state index in [-0.39, 0.29) is 88.5 Å². The summed E-state index contributed by atoms with van der Waals surface area (Å²) in [6, 6.07) is -7.62. The van der Waals surface area contributed by atoms with E-state index < -0.39 is 109 Å². The van der Waals surface area contributed by atoms with Crippen LogP contribution in [0, 0.1) is 0 Å². The van der Waals surface area contributed by atoms with Gasteiger partial charge in [0.15, 0.2) is 5.96 Å². The van der Waals surface area contributed by atoms with Gasteiger partial charge in [0.1, 0.15) is 41.6 Å². The van der Waals surface area contributed by atoms with Crippen molar-refractivity contribution in [2.75, 3.05) is 45.8 Å². The molecule has 1 aliphatic rings. The van der Waals surface area contributed by atoms with Crippen LogP contribution in [0.5, 0.6) is 0 Å². The number of aliphatic hydroxyl groups is 1. The number of likely N-dealkylation sites (tertiary alicyclic amines) is 1. The van der Waals surface area contributed by atoms with Crippen molar-refractivity contribution in [3.05, 3.63) is 30.0 Å². The number of primary amides is 1. The van der Waals surface area contributed by atoms with Crippen LogP contribution < -0.4 is 77.8 Å². The van der Waals surface area contributed by atoms with E-state index in [1.807, 2.05) is 0 Å². The summed E-state index contributed by atoms with van der Waals surface area (Å²) in [6.07, 6.45) is 4.85. The molecule has 1 aliphatic heterocycles. The molecule has 0 aliphatic carbocycles. The molecule has 0 saturated carbocycles. The lowest BCUT2D eigenvalue weighted by molar-refractivity contribution is -0.136. The lowest BCUT2D eigenvalue weighted by atomic mass is 10.1. The molecule has 0 bridgehead atoms. The molecule has 29 nitrogen and oxygen atoms in total. The molecular weight excluding hydrogens is 931 g/mol. The summed E-state index contributed by atoms with van der Waals surface area (Å²) in [7, 11) is 0. The Morgan fingerprint density at radius 2 is 1.56 bits per heavy atom. The van der Waals surface area contributed by atoms with Gasteiger partial charge in [-0.15, -0.1) is 0 Å². The molecule has 71 heavy (non-hydrogen) atoms. The second-order valence-electron chi connectivity index (χ2n) is 16.5. The third-order valence-corrected chi connectivity index (χ3v) is 10.9. The fourth-order valence-corrected chi connectivity index (χ4v) is 6.97. The van der Waals surface area contributed by atoms with Gasteiger partial charge in [-0.1, -0.05) is 6.08 Å². The molecule has 396 valence electrons. The quantitative estimate of drug-likeness (QED) is 0.0138. The van der Waals surface area contributed by atoms with E-state index >= 15 is 0 Å². The number of carbonyl (C=O) groups is 9. The normalized spacial score (nSPS) is 16.3. The lowest BCUT2D eigenvalue weighted by Crippen LogP contribution is -2.60. The molecule has 0 aromatic carbocycles. The molecule has 2 rings (SSSR count). The number of aromatic amines is 1. The number of guanidine groups is 1. The van der Waals surface area contributed by atoms with Gasteiger partial charge < -0.3 is 92.8 Å². The van der Waals surface area contributed by atoms with Gasteiger partial charge in [-0.25, -0.2) is 9.98 Å². The number of imidazole rings is 1. The maximum Gasteiger partial charge on any atom is 0.269 e. The molecule has 1 fully saturated rings. The van der Waals surface area contributed by atoms with E-state index in [1.165, 1.54) is 30.4 Å². The number of hydrogen-bond acceptors (Lipinski definition) is 17. The number of nitrogens with zero attached hydrogens (tertiary/aromatic N) is 4. The van der Waals surface area contributed by atoms with E-state index in [0.717, 1.165) is 0 Å². The van der Waals surface area contributed by atoms with Crippen molar-refractivity contribution >= 4 is 64.8 Å². The molecule has 0 spiro atoms. The molecule has 0 unspecified atom stereocenters. The summed E-state index contributed by atoms with van der Waals surface area (Å²) in [5, 5.41) is 25.1. The number of nitrogens with one attached hydrogen (secondary N) is 7. The van der Waals surface area contributed by atoms with Gasteiger partial charge in [0.05, 0.1) is 25.0 Å². The van der Waals surface area contributed by atoms with Gasteiger partial charge in [-0.2, -0.15) is 0 Å². The maximum atomic E-state index is 14.1. The van der Waals surface area contributed by atoms with Crippen molar-refractivity contribution in [3.8, 4) is 0 Å². The van der Waals surface area contributed by atoms with Crippen LogP contribution in [0.15, 0.2) is 34.3 Å². The van der Waals surface area contributed by atoms with Gasteiger partial charge in [0.2, 0.25) is 35.4 Å². The van der Waals surface area contributed by atoms with Crippen LogP contribution in [-0.4, -0.2) is 173 Å². The van der Waals surface area contributed by atoms with Gasteiger partial charge >= 0.3 is 0 Å². The maximum absolute atomic E-state index is 14.1. The highest BCUT2D eigenvalue weighted by atomic mass is 16.3. The van der Waals surface area contributed by atoms with E-state index in [0.29, 0.717) is 37.9 Å². The van der Waals surface area contributed by atoms with Crippen molar-refractivity contribution in [2.24, 2.45) is 55.9 Å². The predicted octanol–water partition coefficient (Wildman–Crippen LogP) is -7.61. The van der Waals surface area contributed by atoms with Gasteiger partial charge in [0.25, 0.3) is 17.7 Å². The largest absolute Gasteiger partial charge is 0.389 e. The third kappa shape index (κ3) is 21.3. The number of aromatic nitrogens is 2. The predicted molar refractivity (Wildman–Crippen MR) is 259 cm³/mol. The monoisotopic (exact) mass is 1000 g/mol. The number of nitrogens with two attached hydrogens (primary N) is 8. The topological polar surface area (TPSA) is 511 Å². The highest BCUT2D eigenvalue weighted by molar-refractivity contribution is 6.40. The molecule has 29 heteroatoms. The first kappa shape index (κ1) is 60.2. The SMILES string of the molecule is C[C@H](NC(=O)[C@@H](NC(=O)[C@@H](N)CCCN)[C@@H](O)CN)C(=O)NCC(=O)N=C(CCCN)C(=O)N1CCC[C@H]1C(=O)N[C@@H](Cc1cnc[nH]1)C(=O)N[C@@H](CCCCN)C(=O)N/C(=C\CCN=C(N)N)C(N)=O. The summed E-state index contributed by atoms with van der Waals surface area (Å²) in [6.45, 7) is 0.967. The molecule has 9 amide bonds. The van der Waals surface area contributed by atoms with E-state index in [9.17, 15) is 48.3 Å². The van der Waals surface area contributed by atoms with Crippen LogP contribution in [0.1, 0.15) is 76.8 Å². The zero-order valence-corrected chi connectivity index (χ0v) is 40.0. The number of H-pyrrole nitrogens is 1. The Kier molecular flexibility index (Phi) is 27.2. The number of carbonyl (C=O) groups excluding carboxylic acids is 9. The van der Waals surface area contributed by atoms with E-state index in [2.05, 4.69) is 51.9 Å². The summed E-state index contributed by atoms with van der Waals surface area (Å²) in [4.78, 5) is 136. The van der Waals surface area contributed by atoms with Gasteiger partial charge in [0, 0.05) is 37.9 Å². The second kappa shape index (κ2) is 32.1. The minimum atomic E-state index is -1.57. The molecule has 1 aromatic rings. The highest BCUT2D eigenvalue weighted by Crippen LogP contribution is 2.20. The number of aliphatic hydroxyl groups excluding tert-OH is 1. The zero-order chi connectivity index (χ0) is 53.0. The third-order valence-electron chi connectivity index (χ3n) is 10.9. The Balaban J connectivity index is 2.25. The number of unbranched alkanes of at least 4 members (excludes halogenated alkanes) is 1. The van der Waals surface area contributed by atoms with Gasteiger partial charge in [-0.05, 0) is 90.8 Å². The second-order valence-corrected chi connectivity index (χ2v) is 16.5. The number of aliphatic imine (C=N–C) groups is 2. The first-order valence-corrected chi connectivity index (χ1v) is 23.3.